The molecule has 1 aromatic heterocycles. The van der Waals surface area contributed by atoms with Gasteiger partial charge in [-0.15, -0.1) is 0 Å². The zero-order valence-corrected chi connectivity index (χ0v) is 18.2. The Morgan fingerprint density at radius 1 is 1.19 bits per heavy atom. The fourth-order valence-electron chi connectivity index (χ4n) is 4.60. The summed E-state index contributed by atoms with van der Waals surface area (Å²) < 4.78 is 40.0. The maximum absolute atomic E-state index is 14.3. The molecule has 0 saturated carbocycles. The van der Waals surface area contributed by atoms with E-state index in [1.807, 2.05) is 36.1 Å². The van der Waals surface area contributed by atoms with Gasteiger partial charge in [0.1, 0.15) is 24.3 Å². The molecule has 0 bridgehead atoms. The number of hydrogen-bond donors (Lipinski definition) is 1. The monoisotopic (exact) mass is 439 g/mol. The van der Waals surface area contributed by atoms with Crippen LogP contribution < -0.4 is 19.7 Å². The lowest BCUT2D eigenvalue weighted by Crippen LogP contribution is -2.39. The van der Waals surface area contributed by atoms with E-state index in [1.165, 1.54) is 6.07 Å². The van der Waals surface area contributed by atoms with Crippen LogP contribution in [0.2, 0.25) is 0 Å². The van der Waals surface area contributed by atoms with E-state index in [9.17, 15) is 8.78 Å². The molecule has 1 unspecified atom stereocenters. The summed E-state index contributed by atoms with van der Waals surface area (Å²) in [4.78, 5) is 6.60. The Bertz CT molecular complexity index is 1140. The van der Waals surface area contributed by atoms with Gasteiger partial charge >= 0.3 is 0 Å². The molecule has 1 atom stereocenters. The summed E-state index contributed by atoms with van der Waals surface area (Å²) in [5, 5.41) is 4.39. The van der Waals surface area contributed by atoms with Crippen LogP contribution in [0.3, 0.4) is 0 Å². The number of pyridine rings is 1. The van der Waals surface area contributed by atoms with E-state index in [2.05, 4.69) is 10.3 Å². The lowest BCUT2D eigenvalue weighted by Gasteiger charge is -2.32. The number of anilines is 1. The van der Waals surface area contributed by atoms with Crippen molar-refractivity contribution in [3.8, 4) is 11.5 Å². The molecule has 0 spiro atoms. The average molecular weight is 440 g/mol. The van der Waals surface area contributed by atoms with Gasteiger partial charge in [-0.2, -0.15) is 0 Å². The number of rotatable bonds is 6. The largest absolute Gasteiger partial charge is 0.486 e. The van der Waals surface area contributed by atoms with Crippen molar-refractivity contribution in [2.75, 3.05) is 37.7 Å². The molecule has 168 valence electrons. The van der Waals surface area contributed by atoms with Crippen molar-refractivity contribution < 1.29 is 18.3 Å². The molecule has 7 heteroatoms. The van der Waals surface area contributed by atoms with E-state index >= 15 is 0 Å². The van der Waals surface area contributed by atoms with E-state index in [1.54, 1.807) is 0 Å². The third kappa shape index (κ3) is 4.21. The molecule has 0 radical (unpaired) electrons. The van der Waals surface area contributed by atoms with Crippen LogP contribution >= 0.6 is 0 Å². The van der Waals surface area contributed by atoms with Crippen molar-refractivity contribution in [3.05, 3.63) is 59.3 Å². The average Bonchev–Trinajstić information content (AvgIpc) is 2.78. The van der Waals surface area contributed by atoms with Gasteiger partial charge < -0.3 is 19.7 Å². The first-order valence-corrected chi connectivity index (χ1v) is 11.2. The lowest BCUT2D eigenvalue weighted by atomic mass is 10.0. The van der Waals surface area contributed by atoms with E-state index in [0.717, 1.165) is 78.6 Å². The Labute approximate surface area is 186 Å². The van der Waals surface area contributed by atoms with Crippen LogP contribution in [0, 0.1) is 18.6 Å². The van der Waals surface area contributed by atoms with Crippen LogP contribution in [0.4, 0.5) is 14.5 Å². The highest BCUT2D eigenvalue weighted by molar-refractivity contribution is 5.88. The zero-order valence-electron chi connectivity index (χ0n) is 18.2. The first-order chi connectivity index (χ1) is 15.6. The molecular formula is C25H27F2N3O2. The Balaban J connectivity index is 1.14. The van der Waals surface area contributed by atoms with Crippen molar-refractivity contribution in [2.45, 2.75) is 32.3 Å². The van der Waals surface area contributed by atoms with Crippen molar-refractivity contribution in [1.82, 2.24) is 10.3 Å². The van der Waals surface area contributed by atoms with Gasteiger partial charge in [0.15, 0.2) is 11.5 Å². The van der Waals surface area contributed by atoms with Gasteiger partial charge in [-0.25, -0.2) is 8.78 Å². The molecule has 0 amide bonds. The predicted molar refractivity (Wildman–Crippen MR) is 121 cm³/mol. The van der Waals surface area contributed by atoms with Gasteiger partial charge in [0.2, 0.25) is 0 Å². The van der Waals surface area contributed by atoms with Crippen LogP contribution in [0.15, 0.2) is 36.4 Å². The van der Waals surface area contributed by atoms with Gasteiger partial charge in [0.05, 0.1) is 11.2 Å². The second-order valence-corrected chi connectivity index (χ2v) is 8.51. The molecule has 2 aromatic carbocycles. The first kappa shape index (κ1) is 20.9. The number of benzene rings is 2. The highest BCUT2D eigenvalue weighted by atomic mass is 19.1. The highest BCUT2D eigenvalue weighted by Gasteiger charge is 2.24. The molecule has 2 aliphatic rings. The quantitative estimate of drug-likeness (QED) is 0.577. The Morgan fingerprint density at radius 3 is 3.00 bits per heavy atom. The van der Waals surface area contributed by atoms with E-state index in [0.29, 0.717) is 18.8 Å². The fourth-order valence-corrected chi connectivity index (χ4v) is 4.60. The number of nitrogens with one attached hydrogen (secondary N) is 1. The molecule has 3 heterocycles. The Morgan fingerprint density at radius 2 is 2.09 bits per heavy atom. The number of ether oxygens (including phenoxy) is 2. The summed E-state index contributed by atoms with van der Waals surface area (Å²) in [6.45, 7) is 5.41. The predicted octanol–water partition coefficient (Wildman–Crippen LogP) is 4.39. The summed E-state index contributed by atoms with van der Waals surface area (Å²) in [6, 6.07) is 10.3. The van der Waals surface area contributed by atoms with Gasteiger partial charge in [0.25, 0.3) is 0 Å². The van der Waals surface area contributed by atoms with Crippen LogP contribution in [0.5, 0.6) is 11.5 Å². The van der Waals surface area contributed by atoms with Crippen molar-refractivity contribution >= 4 is 16.6 Å². The molecule has 3 aromatic rings. The van der Waals surface area contributed by atoms with Gasteiger partial charge in [0, 0.05) is 36.8 Å². The van der Waals surface area contributed by atoms with Crippen molar-refractivity contribution in [2.24, 2.45) is 0 Å². The number of fused-ring (bicyclic) bond motifs is 4. The van der Waals surface area contributed by atoms with E-state index in [-0.39, 0.29) is 6.10 Å². The van der Waals surface area contributed by atoms with Crippen LogP contribution in [0.25, 0.3) is 10.9 Å². The molecular weight excluding hydrogens is 412 g/mol. The Kier molecular flexibility index (Phi) is 5.83. The minimum absolute atomic E-state index is 0.0921. The molecule has 2 aliphatic heterocycles. The molecule has 32 heavy (non-hydrogen) atoms. The molecule has 5 nitrogen and oxygen atoms in total. The Hall–Kier alpha value is -2.93. The van der Waals surface area contributed by atoms with Crippen LogP contribution in [-0.2, 0) is 6.42 Å². The van der Waals surface area contributed by atoms with E-state index in [4.69, 9.17) is 9.47 Å². The molecule has 0 fully saturated rings. The molecule has 1 N–H and O–H groups in total. The number of aromatic nitrogens is 1. The second-order valence-electron chi connectivity index (χ2n) is 8.51. The number of nitrogens with zero attached hydrogens (tertiary/aromatic N) is 2. The number of hydrogen-bond acceptors (Lipinski definition) is 5. The van der Waals surface area contributed by atoms with E-state index < -0.39 is 11.6 Å². The molecule has 0 saturated heterocycles. The molecule has 0 aliphatic carbocycles. The minimum Gasteiger partial charge on any atom is -0.486 e. The third-order valence-electron chi connectivity index (χ3n) is 6.09. The summed E-state index contributed by atoms with van der Waals surface area (Å²) in [6.07, 6.45) is 2.40. The van der Waals surface area contributed by atoms with Crippen molar-refractivity contribution in [3.63, 3.8) is 0 Å². The van der Waals surface area contributed by atoms with Gasteiger partial charge in [-0.3, -0.25) is 4.98 Å². The maximum atomic E-state index is 14.3. The fraction of sp³-hybridized carbons (Fsp3) is 0.400. The lowest BCUT2D eigenvalue weighted by molar-refractivity contribution is 0.0925. The summed E-state index contributed by atoms with van der Waals surface area (Å²) in [5.41, 5.74) is 3.20. The SMILES string of the molecule is Cc1ccc2c3c(ccc2n1)OCC(CNCCCN1CCCc2cc(F)cc(F)c21)O3. The topological polar surface area (TPSA) is 46.6 Å². The summed E-state index contributed by atoms with van der Waals surface area (Å²) in [7, 11) is 0. The third-order valence-corrected chi connectivity index (χ3v) is 6.09. The standard InChI is InChI=1S/C25H27F2N3O2/c1-16-5-6-20-22(29-16)7-8-23-25(20)32-19(15-31-23)14-28-9-3-11-30-10-2-4-17-12-18(26)13-21(27)24(17)30/h5-8,12-13,19,28H,2-4,9-11,14-15H2,1H3. The molecule has 5 rings (SSSR count). The van der Waals surface area contributed by atoms with Gasteiger partial charge in [-0.05, 0) is 68.6 Å². The highest BCUT2D eigenvalue weighted by Crippen LogP contribution is 2.38. The number of aryl methyl sites for hydroxylation is 2. The second kappa shape index (κ2) is 8.90. The minimum atomic E-state index is -0.500. The summed E-state index contributed by atoms with van der Waals surface area (Å²) in [5.74, 6) is 0.540. The first-order valence-electron chi connectivity index (χ1n) is 11.2. The maximum Gasteiger partial charge on any atom is 0.171 e. The van der Waals surface area contributed by atoms with Crippen LogP contribution in [0.1, 0.15) is 24.1 Å². The summed E-state index contributed by atoms with van der Waals surface area (Å²) >= 11 is 0. The van der Waals surface area contributed by atoms with Crippen molar-refractivity contribution in [1.29, 1.82) is 0 Å². The number of halogens is 2. The normalized spacial score (nSPS) is 17.5. The zero-order chi connectivity index (χ0) is 22.1. The van der Waals surface area contributed by atoms with Crippen LogP contribution in [-0.4, -0.2) is 43.9 Å². The van der Waals surface area contributed by atoms with Gasteiger partial charge in [-0.1, -0.05) is 0 Å². The smallest absolute Gasteiger partial charge is 0.171 e.